The monoisotopic (exact) mass is 327 g/mol. The number of fused-ring (bicyclic) bond motifs is 1. The van der Waals surface area contributed by atoms with Crippen molar-refractivity contribution >= 4 is 38.3 Å². The molecule has 2 heterocycles. The topological polar surface area (TPSA) is 76.4 Å². The third-order valence-corrected chi connectivity index (χ3v) is 5.68. The molecule has 1 N–H and O–H groups in total. The molecule has 5 nitrogen and oxygen atoms in total. The molecular formula is C14H14ClNO4S. The van der Waals surface area contributed by atoms with Gasteiger partial charge in [-0.1, -0.05) is 11.6 Å². The van der Waals surface area contributed by atoms with Gasteiger partial charge >= 0.3 is 0 Å². The van der Waals surface area contributed by atoms with Crippen molar-refractivity contribution in [2.24, 2.45) is 0 Å². The minimum absolute atomic E-state index is 0.0101. The fourth-order valence-corrected chi connectivity index (χ4v) is 4.41. The molecule has 1 atom stereocenters. The second-order valence-corrected chi connectivity index (χ2v) is 7.94. The van der Waals surface area contributed by atoms with Crippen LogP contribution >= 0.6 is 11.6 Å². The van der Waals surface area contributed by atoms with Crippen LogP contribution in [-0.2, 0) is 9.84 Å². The summed E-state index contributed by atoms with van der Waals surface area (Å²) in [6.45, 7) is 1.78. The van der Waals surface area contributed by atoms with Gasteiger partial charge in [-0.3, -0.25) is 4.79 Å². The van der Waals surface area contributed by atoms with Crippen LogP contribution in [0.4, 0.5) is 0 Å². The molecule has 0 spiro atoms. The number of carbonyl (C=O) groups is 1. The van der Waals surface area contributed by atoms with Crippen LogP contribution in [0.2, 0.25) is 5.02 Å². The molecule has 3 rings (SSSR count). The largest absolute Gasteiger partial charge is 0.451 e. The molecule has 0 bridgehead atoms. The summed E-state index contributed by atoms with van der Waals surface area (Å²) < 4.78 is 28.4. The van der Waals surface area contributed by atoms with Gasteiger partial charge in [0, 0.05) is 22.0 Å². The van der Waals surface area contributed by atoms with Crippen LogP contribution in [-0.4, -0.2) is 31.9 Å². The Labute approximate surface area is 127 Å². The van der Waals surface area contributed by atoms with Gasteiger partial charge < -0.3 is 9.73 Å². The number of furan rings is 1. The van der Waals surface area contributed by atoms with Gasteiger partial charge in [0.15, 0.2) is 15.6 Å². The summed E-state index contributed by atoms with van der Waals surface area (Å²) in [5.41, 5.74) is 1.28. The van der Waals surface area contributed by atoms with Crippen molar-refractivity contribution in [3.05, 3.63) is 34.5 Å². The van der Waals surface area contributed by atoms with E-state index in [1.165, 1.54) is 0 Å². The molecule has 0 saturated carbocycles. The third-order valence-electron chi connectivity index (χ3n) is 3.67. The minimum Gasteiger partial charge on any atom is -0.451 e. The lowest BCUT2D eigenvalue weighted by molar-refractivity contribution is 0.0914. The van der Waals surface area contributed by atoms with E-state index in [0.29, 0.717) is 22.6 Å². The summed E-state index contributed by atoms with van der Waals surface area (Å²) in [7, 11) is -3.03. The van der Waals surface area contributed by atoms with Gasteiger partial charge in [-0.05, 0) is 31.5 Å². The average Bonchev–Trinajstić information content (AvgIpc) is 2.90. The van der Waals surface area contributed by atoms with Crippen molar-refractivity contribution in [3.63, 3.8) is 0 Å². The van der Waals surface area contributed by atoms with Gasteiger partial charge in [0.05, 0.1) is 11.5 Å². The number of hydrogen-bond acceptors (Lipinski definition) is 4. The van der Waals surface area contributed by atoms with Crippen molar-refractivity contribution in [2.45, 2.75) is 19.4 Å². The van der Waals surface area contributed by atoms with Crippen LogP contribution < -0.4 is 5.32 Å². The predicted molar refractivity (Wildman–Crippen MR) is 80.5 cm³/mol. The Morgan fingerprint density at radius 2 is 2.19 bits per heavy atom. The van der Waals surface area contributed by atoms with E-state index >= 15 is 0 Å². The molecule has 2 aromatic rings. The molecule has 7 heteroatoms. The maximum atomic E-state index is 12.3. The van der Waals surface area contributed by atoms with Crippen LogP contribution in [0.15, 0.2) is 22.6 Å². The highest BCUT2D eigenvalue weighted by molar-refractivity contribution is 7.91. The maximum Gasteiger partial charge on any atom is 0.287 e. The lowest BCUT2D eigenvalue weighted by Crippen LogP contribution is -2.35. The van der Waals surface area contributed by atoms with E-state index in [1.807, 2.05) is 0 Å². The first-order chi connectivity index (χ1) is 9.85. The molecule has 1 fully saturated rings. The van der Waals surface area contributed by atoms with E-state index in [-0.39, 0.29) is 29.2 Å². The van der Waals surface area contributed by atoms with Crippen LogP contribution in [0.25, 0.3) is 11.0 Å². The molecule has 0 aliphatic carbocycles. The highest BCUT2D eigenvalue weighted by atomic mass is 35.5. The molecule has 0 radical (unpaired) electrons. The number of halogens is 1. The summed E-state index contributed by atoms with van der Waals surface area (Å²) in [6, 6.07) is 4.80. The number of benzene rings is 1. The molecule has 0 unspecified atom stereocenters. The summed E-state index contributed by atoms with van der Waals surface area (Å²) in [5.74, 6) is -0.0743. The number of rotatable bonds is 2. The van der Waals surface area contributed by atoms with Gasteiger partial charge in [0.25, 0.3) is 5.91 Å². The van der Waals surface area contributed by atoms with Gasteiger partial charge in [-0.2, -0.15) is 0 Å². The van der Waals surface area contributed by atoms with Crippen LogP contribution in [0.1, 0.15) is 22.5 Å². The molecule has 1 amide bonds. The lowest BCUT2D eigenvalue weighted by atomic mass is 10.1. The van der Waals surface area contributed by atoms with Gasteiger partial charge in [-0.25, -0.2) is 8.42 Å². The standard InChI is InChI=1S/C14H14ClNO4S/c1-8-11-6-9(15)2-3-12(11)20-13(8)14(17)16-10-4-5-21(18,19)7-10/h2-3,6,10H,4-5,7H2,1H3,(H,16,17)/t10-/m0/s1. The average molecular weight is 328 g/mol. The second kappa shape index (κ2) is 5.03. The molecule has 1 aromatic heterocycles. The first-order valence-electron chi connectivity index (χ1n) is 6.56. The number of sulfone groups is 1. The second-order valence-electron chi connectivity index (χ2n) is 5.27. The quantitative estimate of drug-likeness (QED) is 0.918. The third kappa shape index (κ3) is 2.78. The van der Waals surface area contributed by atoms with Crippen molar-refractivity contribution in [1.82, 2.24) is 5.32 Å². The Morgan fingerprint density at radius 1 is 1.43 bits per heavy atom. The number of hydrogen-bond donors (Lipinski definition) is 1. The lowest BCUT2D eigenvalue weighted by Gasteiger charge is -2.09. The molecule has 1 aromatic carbocycles. The Balaban J connectivity index is 1.87. The zero-order valence-electron chi connectivity index (χ0n) is 11.3. The van der Waals surface area contributed by atoms with E-state index in [0.717, 1.165) is 5.39 Å². The van der Waals surface area contributed by atoms with E-state index in [1.54, 1.807) is 25.1 Å². The zero-order valence-corrected chi connectivity index (χ0v) is 12.9. The van der Waals surface area contributed by atoms with Crippen LogP contribution in [0.5, 0.6) is 0 Å². The van der Waals surface area contributed by atoms with Gasteiger partial charge in [-0.15, -0.1) is 0 Å². The van der Waals surface area contributed by atoms with Gasteiger partial charge in [0.2, 0.25) is 0 Å². The smallest absolute Gasteiger partial charge is 0.287 e. The first-order valence-corrected chi connectivity index (χ1v) is 8.75. The number of nitrogens with one attached hydrogen (secondary N) is 1. The molecule has 1 aliphatic rings. The highest BCUT2D eigenvalue weighted by Gasteiger charge is 2.30. The summed E-state index contributed by atoms with van der Waals surface area (Å²) in [6.07, 6.45) is 0.444. The summed E-state index contributed by atoms with van der Waals surface area (Å²) >= 11 is 5.94. The van der Waals surface area contributed by atoms with E-state index < -0.39 is 9.84 Å². The van der Waals surface area contributed by atoms with Crippen molar-refractivity contribution in [1.29, 1.82) is 0 Å². The fourth-order valence-electron chi connectivity index (χ4n) is 2.57. The summed E-state index contributed by atoms with van der Waals surface area (Å²) in [4.78, 5) is 12.3. The van der Waals surface area contributed by atoms with E-state index in [9.17, 15) is 13.2 Å². The Morgan fingerprint density at radius 3 is 2.86 bits per heavy atom. The van der Waals surface area contributed by atoms with E-state index in [4.69, 9.17) is 16.0 Å². The SMILES string of the molecule is Cc1c(C(=O)N[C@H]2CCS(=O)(=O)C2)oc2ccc(Cl)cc12. The number of amides is 1. The van der Waals surface area contributed by atoms with Crippen molar-refractivity contribution in [2.75, 3.05) is 11.5 Å². The van der Waals surface area contributed by atoms with Gasteiger partial charge in [0.1, 0.15) is 5.58 Å². The Kier molecular flexibility index (Phi) is 3.45. The molecule has 1 aliphatic heterocycles. The van der Waals surface area contributed by atoms with Crippen molar-refractivity contribution < 1.29 is 17.6 Å². The van der Waals surface area contributed by atoms with Crippen LogP contribution in [0, 0.1) is 6.92 Å². The number of aryl methyl sites for hydroxylation is 1. The summed E-state index contributed by atoms with van der Waals surface area (Å²) in [5, 5.41) is 4.08. The maximum absolute atomic E-state index is 12.3. The zero-order chi connectivity index (χ0) is 15.2. The van der Waals surface area contributed by atoms with E-state index in [2.05, 4.69) is 5.32 Å². The minimum atomic E-state index is -3.03. The fraction of sp³-hybridized carbons (Fsp3) is 0.357. The Bertz CT molecular complexity index is 825. The predicted octanol–water partition coefficient (Wildman–Crippen LogP) is 2.31. The normalized spacial score (nSPS) is 20.8. The molecule has 21 heavy (non-hydrogen) atoms. The molecular weight excluding hydrogens is 314 g/mol. The number of carbonyl (C=O) groups excluding carboxylic acids is 1. The van der Waals surface area contributed by atoms with Crippen LogP contribution in [0.3, 0.4) is 0 Å². The molecule has 1 saturated heterocycles. The highest BCUT2D eigenvalue weighted by Crippen LogP contribution is 2.28. The Hall–Kier alpha value is -1.53. The molecule has 112 valence electrons. The first kappa shape index (κ1) is 14.4. The van der Waals surface area contributed by atoms with Crippen molar-refractivity contribution in [3.8, 4) is 0 Å².